The topological polar surface area (TPSA) is 38.3 Å². The Morgan fingerprint density at radius 1 is 1.32 bits per heavy atom. The fraction of sp³-hybridized carbons (Fsp3) is 0.562. The molecule has 0 aliphatic heterocycles. The molecule has 1 aromatic carbocycles. The second-order valence-electron chi connectivity index (χ2n) is 5.57. The van der Waals surface area contributed by atoms with Crippen LogP contribution in [0.4, 0.5) is 0 Å². The normalized spacial score (nSPS) is 31.8. The summed E-state index contributed by atoms with van der Waals surface area (Å²) < 4.78 is 5.15. The monoisotopic (exact) mass is 259 g/mol. The Morgan fingerprint density at radius 2 is 2.11 bits per heavy atom. The van der Waals surface area contributed by atoms with Crippen LogP contribution >= 0.6 is 0 Å². The van der Waals surface area contributed by atoms with E-state index in [0.29, 0.717) is 24.5 Å². The highest BCUT2D eigenvalue weighted by Gasteiger charge is 2.61. The van der Waals surface area contributed by atoms with Gasteiger partial charge in [-0.1, -0.05) is 30.3 Å². The van der Waals surface area contributed by atoms with E-state index in [1.165, 1.54) is 18.4 Å². The number of benzene rings is 1. The van der Waals surface area contributed by atoms with E-state index >= 15 is 0 Å². The highest BCUT2D eigenvalue weighted by atomic mass is 16.5. The Hall–Kier alpha value is -1.35. The Labute approximate surface area is 114 Å². The van der Waals surface area contributed by atoms with E-state index in [4.69, 9.17) is 4.74 Å². The number of nitrogens with one attached hydrogen (secondary N) is 1. The van der Waals surface area contributed by atoms with Crippen molar-refractivity contribution in [3.63, 3.8) is 0 Å². The molecule has 0 spiro atoms. The molecule has 0 unspecified atom stereocenters. The quantitative estimate of drug-likeness (QED) is 0.825. The van der Waals surface area contributed by atoms with Gasteiger partial charge in [0.1, 0.15) is 0 Å². The van der Waals surface area contributed by atoms with Gasteiger partial charge in [0.05, 0.1) is 12.5 Å². The third-order valence-corrected chi connectivity index (χ3v) is 4.48. The van der Waals surface area contributed by atoms with Gasteiger partial charge >= 0.3 is 5.97 Å². The van der Waals surface area contributed by atoms with E-state index in [2.05, 4.69) is 29.6 Å². The number of rotatable bonds is 5. The number of fused-ring (bicyclic) bond motifs is 1. The maximum Gasteiger partial charge on any atom is 0.309 e. The molecular formula is C16H21NO2. The molecule has 2 fully saturated rings. The number of ether oxygens (including phenoxy) is 1. The molecule has 3 nitrogen and oxygen atoms in total. The molecular weight excluding hydrogens is 238 g/mol. The zero-order valence-corrected chi connectivity index (χ0v) is 11.3. The average molecular weight is 259 g/mol. The van der Waals surface area contributed by atoms with Crippen molar-refractivity contribution in [2.45, 2.75) is 32.4 Å². The molecule has 3 rings (SSSR count). The summed E-state index contributed by atoms with van der Waals surface area (Å²) in [7, 11) is 0. The molecule has 1 N–H and O–H groups in total. The summed E-state index contributed by atoms with van der Waals surface area (Å²) in [6, 6.07) is 10.9. The first kappa shape index (κ1) is 12.7. The molecule has 0 aromatic heterocycles. The predicted octanol–water partition coefficient (Wildman–Crippen LogP) is 2.36. The van der Waals surface area contributed by atoms with E-state index in [0.717, 1.165) is 6.54 Å². The van der Waals surface area contributed by atoms with E-state index < -0.39 is 0 Å². The van der Waals surface area contributed by atoms with Crippen molar-refractivity contribution in [1.29, 1.82) is 0 Å². The minimum Gasteiger partial charge on any atom is -0.466 e. The largest absolute Gasteiger partial charge is 0.466 e. The van der Waals surface area contributed by atoms with Crippen LogP contribution in [0.2, 0.25) is 0 Å². The fourth-order valence-corrected chi connectivity index (χ4v) is 3.54. The fourth-order valence-electron chi connectivity index (χ4n) is 3.54. The van der Waals surface area contributed by atoms with Crippen LogP contribution in [0.25, 0.3) is 0 Å². The lowest BCUT2D eigenvalue weighted by Crippen LogP contribution is -2.30. The minimum atomic E-state index is 0.0173. The smallest absolute Gasteiger partial charge is 0.309 e. The SMILES string of the molecule is CCOC(=O)[C@H]1[C@@H]2CC[C@@H](NCc3ccccc3)[C@@H]21. The van der Waals surface area contributed by atoms with Crippen LogP contribution in [-0.2, 0) is 16.1 Å². The molecule has 2 aliphatic carbocycles. The lowest BCUT2D eigenvalue weighted by Gasteiger charge is -2.16. The van der Waals surface area contributed by atoms with Gasteiger partial charge in [-0.05, 0) is 37.2 Å². The summed E-state index contributed by atoms with van der Waals surface area (Å²) in [5.41, 5.74) is 1.30. The molecule has 2 aliphatic rings. The van der Waals surface area contributed by atoms with Gasteiger partial charge in [-0.3, -0.25) is 4.79 Å². The lowest BCUT2D eigenvalue weighted by molar-refractivity contribution is -0.145. The Kier molecular flexibility index (Phi) is 3.56. The predicted molar refractivity (Wildman–Crippen MR) is 73.4 cm³/mol. The first-order valence-electron chi connectivity index (χ1n) is 7.25. The van der Waals surface area contributed by atoms with Crippen LogP contribution in [0.1, 0.15) is 25.3 Å². The maximum absolute atomic E-state index is 11.8. The Bertz CT molecular complexity index is 445. The van der Waals surface area contributed by atoms with Crippen molar-refractivity contribution >= 4 is 5.97 Å². The van der Waals surface area contributed by atoms with Crippen LogP contribution in [0.15, 0.2) is 30.3 Å². The van der Waals surface area contributed by atoms with Crippen LogP contribution in [0.5, 0.6) is 0 Å². The van der Waals surface area contributed by atoms with Crippen molar-refractivity contribution in [2.75, 3.05) is 6.61 Å². The summed E-state index contributed by atoms with van der Waals surface area (Å²) in [6.07, 6.45) is 2.36. The highest BCUT2D eigenvalue weighted by Crippen LogP contribution is 2.58. The van der Waals surface area contributed by atoms with Crippen LogP contribution in [-0.4, -0.2) is 18.6 Å². The molecule has 3 heteroatoms. The van der Waals surface area contributed by atoms with Gasteiger partial charge in [0, 0.05) is 12.6 Å². The number of hydrogen-bond acceptors (Lipinski definition) is 3. The molecule has 0 amide bonds. The molecule has 2 saturated carbocycles. The highest BCUT2D eigenvalue weighted by molar-refractivity contribution is 5.77. The summed E-state index contributed by atoms with van der Waals surface area (Å²) in [6.45, 7) is 3.27. The van der Waals surface area contributed by atoms with Crippen molar-refractivity contribution in [3.8, 4) is 0 Å². The standard InChI is InChI=1S/C16H21NO2/c1-2-19-16(18)15-12-8-9-13(14(12)15)17-10-11-6-4-3-5-7-11/h3-7,12-15,17H,2,8-10H2,1H3/t12-,13-,14-,15+/m1/s1. The first-order chi connectivity index (χ1) is 9.31. The second-order valence-corrected chi connectivity index (χ2v) is 5.57. The molecule has 4 atom stereocenters. The summed E-state index contributed by atoms with van der Waals surface area (Å²) >= 11 is 0. The second kappa shape index (κ2) is 5.33. The minimum absolute atomic E-state index is 0.0173. The molecule has 102 valence electrons. The van der Waals surface area contributed by atoms with Gasteiger partial charge in [-0.25, -0.2) is 0 Å². The van der Waals surface area contributed by atoms with Gasteiger partial charge in [0.25, 0.3) is 0 Å². The number of carbonyl (C=O) groups excluding carboxylic acids is 1. The first-order valence-corrected chi connectivity index (χ1v) is 7.25. The Balaban J connectivity index is 1.52. The third kappa shape index (κ3) is 2.52. The van der Waals surface area contributed by atoms with E-state index in [1.54, 1.807) is 0 Å². The van der Waals surface area contributed by atoms with Gasteiger partial charge in [-0.15, -0.1) is 0 Å². The lowest BCUT2D eigenvalue weighted by atomic mass is 10.1. The van der Waals surface area contributed by atoms with Crippen molar-refractivity contribution in [3.05, 3.63) is 35.9 Å². The number of esters is 1. The summed E-state index contributed by atoms with van der Waals surface area (Å²) in [5.74, 6) is 1.28. The van der Waals surface area contributed by atoms with Gasteiger partial charge in [0.15, 0.2) is 0 Å². The molecule has 19 heavy (non-hydrogen) atoms. The zero-order valence-electron chi connectivity index (χ0n) is 11.3. The summed E-state index contributed by atoms with van der Waals surface area (Å²) in [5, 5.41) is 3.61. The van der Waals surface area contributed by atoms with Gasteiger partial charge in [0.2, 0.25) is 0 Å². The zero-order chi connectivity index (χ0) is 13.2. The van der Waals surface area contributed by atoms with Crippen molar-refractivity contribution in [2.24, 2.45) is 17.8 Å². The van der Waals surface area contributed by atoms with Crippen LogP contribution < -0.4 is 5.32 Å². The Morgan fingerprint density at radius 3 is 2.84 bits per heavy atom. The number of carbonyl (C=O) groups is 1. The van der Waals surface area contributed by atoms with E-state index in [1.807, 2.05) is 13.0 Å². The van der Waals surface area contributed by atoms with Gasteiger partial charge in [-0.2, -0.15) is 0 Å². The molecule has 0 bridgehead atoms. The van der Waals surface area contributed by atoms with Crippen LogP contribution in [0, 0.1) is 17.8 Å². The number of hydrogen-bond donors (Lipinski definition) is 1. The maximum atomic E-state index is 11.8. The molecule has 0 saturated heterocycles. The van der Waals surface area contributed by atoms with Crippen LogP contribution in [0.3, 0.4) is 0 Å². The van der Waals surface area contributed by atoms with Crippen molar-refractivity contribution < 1.29 is 9.53 Å². The third-order valence-electron chi connectivity index (χ3n) is 4.48. The average Bonchev–Trinajstić information content (AvgIpc) is 3.02. The molecule has 1 aromatic rings. The van der Waals surface area contributed by atoms with E-state index in [-0.39, 0.29) is 11.9 Å². The van der Waals surface area contributed by atoms with E-state index in [9.17, 15) is 4.79 Å². The summed E-state index contributed by atoms with van der Waals surface area (Å²) in [4.78, 5) is 11.8. The van der Waals surface area contributed by atoms with Gasteiger partial charge < -0.3 is 10.1 Å². The van der Waals surface area contributed by atoms with Crippen molar-refractivity contribution in [1.82, 2.24) is 5.32 Å². The molecule has 0 radical (unpaired) electrons. The molecule has 0 heterocycles.